The summed E-state index contributed by atoms with van der Waals surface area (Å²) in [6, 6.07) is -1.24. The Morgan fingerprint density at radius 1 is 1.42 bits per heavy atom. The minimum atomic E-state index is -1.28. The highest BCUT2D eigenvalue weighted by atomic mass is 32.1. The van der Waals surface area contributed by atoms with Gasteiger partial charge in [-0.2, -0.15) is 0 Å². The van der Waals surface area contributed by atoms with E-state index >= 15 is 0 Å². The zero-order valence-corrected chi connectivity index (χ0v) is 10.9. The van der Waals surface area contributed by atoms with Crippen molar-refractivity contribution in [2.75, 3.05) is 12.4 Å². The Bertz CT molecular complexity index is 487. The monoisotopic (exact) mass is 287 g/mol. The van der Waals surface area contributed by atoms with Crippen molar-refractivity contribution >= 4 is 34.2 Å². The third kappa shape index (κ3) is 4.54. The van der Waals surface area contributed by atoms with Gasteiger partial charge in [-0.1, -0.05) is 11.3 Å². The zero-order valence-electron chi connectivity index (χ0n) is 10.0. The molecule has 104 valence electrons. The topological polar surface area (TPSA) is 129 Å². The Hall–Kier alpha value is -2.16. The van der Waals surface area contributed by atoms with E-state index in [4.69, 9.17) is 10.2 Å². The van der Waals surface area contributed by atoms with E-state index < -0.39 is 23.9 Å². The van der Waals surface area contributed by atoms with Crippen LogP contribution in [0, 0.1) is 0 Å². The van der Waals surface area contributed by atoms with Gasteiger partial charge in [0.25, 0.3) is 5.91 Å². The second kappa shape index (κ2) is 6.69. The van der Waals surface area contributed by atoms with Crippen LogP contribution in [0.2, 0.25) is 0 Å². The average molecular weight is 287 g/mol. The number of carbonyl (C=O) groups excluding carboxylic acids is 1. The molecule has 1 aromatic rings. The molecule has 0 bridgehead atoms. The van der Waals surface area contributed by atoms with Gasteiger partial charge in [-0.25, -0.2) is 9.78 Å². The Kier molecular flexibility index (Phi) is 5.24. The van der Waals surface area contributed by atoms with Gasteiger partial charge in [0.15, 0.2) is 5.01 Å². The fraction of sp³-hybridized carbons (Fsp3) is 0.400. The van der Waals surface area contributed by atoms with Crippen molar-refractivity contribution < 1.29 is 24.6 Å². The molecule has 0 saturated carbocycles. The first-order valence-electron chi connectivity index (χ1n) is 5.33. The maximum absolute atomic E-state index is 11.7. The molecule has 0 spiro atoms. The van der Waals surface area contributed by atoms with Crippen molar-refractivity contribution in [1.82, 2.24) is 10.3 Å². The highest BCUT2D eigenvalue weighted by Gasteiger charge is 2.22. The van der Waals surface area contributed by atoms with E-state index in [1.54, 1.807) is 7.05 Å². The van der Waals surface area contributed by atoms with Crippen molar-refractivity contribution in [3.05, 3.63) is 11.2 Å². The van der Waals surface area contributed by atoms with E-state index in [0.717, 1.165) is 11.3 Å². The van der Waals surface area contributed by atoms with Crippen LogP contribution >= 0.6 is 11.3 Å². The van der Waals surface area contributed by atoms with Gasteiger partial charge in [-0.3, -0.25) is 9.59 Å². The molecule has 0 aliphatic heterocycles. The molecule has 1 heterocycles. The van der Waals surface area contributed by atoms with Gasteiger partial charge >= 0.3 is 11.9 Å². The third-order valence-corrected chi connectivity index (χ3v) is 3.21. The summed E-state index contributed by atoms with van der Waals surface area (Å²) < 4.78 is 0. The highest BCUT2D eigenvalue weighted by molar-refractivity contribution is 7.17. The number of rotatable bonds is 7. The summed E-state index contributed by atoms with van der Waals surface area (Å²) in [7, 11) is 1.67. The number of hydrogen-bond acceptors (Lipinski definition) is 6. The molecule has 4 N–H and O–H groups in total. The molecule has 19 heavy (non-hydrogen) atoms. The van der Waals surface area contributed by atoms with Gasteiger partial charge in [0.2, 0.25) is 0 Å². The van der Waals surface area contributed by atoms with Gasteiger partial charge < -0.3 is 20.8 Å². The number of carboxylic acids is 2. The molecule has 1 rings (SSSR count). The number of carbonyl (C=O) groups is 3. The number of nitrogens with one attached hydrogen (secondary N) is 2. The predicted octanol–water partition coefficient (Wildman–Crippen LogP) is 0.233. The molecule has 0 aliphatic carbocycles. The number of anilines is 1. The van der Waals surface area contributed by atoms with Crippen LogP contribution in [0.3, 0.4) is 0 Å². The van der Waals surface area contributed by atoms with Crippen LogP contribution in [0.15, 0.2) is 6.20 Å². The summed E-state index contributed by atoms with van der Waals surface area (Å²) in [5.74, 6) is -3.03. The lowest BCUT2D eigenvalue weighted by atomic mass is 10.1. The van der Waals surface area contributed by atoms with Crippen LogP contribution < -0.4 is 10.6 Å². The Morgan fingerprint density at radius 2 is 2.11 bits per heavy atom. The molecular formula is C10H13N3O5S. The van der Waals surface area contributed by atoms with Crippen LogP contribution in [0.25, 0.3) is 0 Å². The molecule has 1 amide bonds. The van der Waals surface area contributed by atoms with Crippen LogP contribution in [0.4, 0.5) is 5.00 Å². The zero-order chi connectivity index (χ0) is 14.4. The number of thiazole rings is 1. The number of hydrogen-bond donors (Lipinski definition) is 4. The van der Waals surface area contributed by atoms with Crippen molar-refractivity contribution in [1.29, 1.82) is 0 Å². The molecule has 0 radical (unpaired) electrons. The summed E-state index contributed by atoms with van der Waals surface area (Å²) in [6.45, 7) is 0. The van der Waals surface area contributed by atoms with E-state index in [-0.39, 0.29) is 17.8 Å². The Labute approximate surface area is 112 Å². The lowest BCUT2D eigenvalue weighted by Gasteiger charge is -2.12. The fourth-order valence-electron chi connectivity index (χ4n) is 1.24. The van der Waals surface area contributed by atoms with Crippen molar-refractivity contribution in [2.24, 2.45) is 0 Å². The highest BCUT2D eigenvalue weighted by Crippen LogP contribution is 2.17. The van der Waals surface area contributed by atoms with Gasteiger partial charge in [0.1, 0.15) is 11.0 Å². The van der Waals surface area contributed by atoms with E-state index in [2.05, 4.69) is 15.6 Å². The maximum Gasteiger partial charge on any atom is 0.326 e. The minimum absolute atomic E-state index is 0.117. The third-order valence-electron chi connectivity index (χ3n) is 2.20. The van der Waals surface area contributed by atoms with Gasteiger partial charge in [-0.05, 0) is 6.42 Å². The predicted molar refractivity (Wildman–Crippen MR) is 67.4 cm³/mol. The minimum Gasteiger partial charge on any atom is -0.481 e. The van der Waals surface area contributed by atoms with E-state index in [9.17, 15) is 14.4 Å². The van der Waals surface area contributed by atoms with Gasteiger partial charge in [-0.15, -0.1) is 0 Å². The van der Waals surface area contributed by atoms with Crippen LogP contribution in [0.5, 0.6) is 0 Å². The maximum atomic E-state index is 11.7. The normalized spacial score (nSPS) is 11.6. The second-order valence-electron chi connectivity index (χ2n) is 3.58. The van der Waals surface area contributed by atoms with E-state index in [1.165, 1.54) is 6.20 Å². The average Bonchev–Trinajstić information content (AvgIpc) is 2.82. The van der Waals surface area contributed by atoms with Crippen molar-refractivity contribution in [2.45, 2.75) is 18.9 Å². The quantitative estimate of drug-likeness (QED) is 0.565. The molecule has 0 aliphatic rings. The first kappa shape index (κ1) is 14.9. The number of nitrogens with zero attached hydrogens (tertiary/aromatic N) is 1. The molecule has 1 aromatic heterocycles. The largest absolute Gasteiger partial charge is 0.481 e. The number of aromatic nitrogens is 1. The SMILES string of the molecule is CNc1cnc(C(=O)N[C@H](CCC(=O)O)C(=O)O)s1. The molecule has 0 saturated heterocycles. The smallest absolute Gasteiger partial charge is 0.326 e. The summed E-state index contributed by atoms with van der Waals surface area (Å²) in [5.41, 5.74) is 0. The summed E-state index contributed by atoms with van der Waals surface area (Å²) in [5, 5.41) is 23.2. The molecule has 8 nitrogen and oxygen atoms in total. The number of amides is 1. The van der Waals surface area contributed by atoms with E-state index in [0.29, 0.717) is 5.00 Å². The summed E-state index contributed by atoms with van der Waals surface area (Å²) >= 11 is 1.08. The first-order chi connectivity index (χ1) is 8.93. The van der Waals surface area contributed by atoms with Gasteiger partial charge in [0.05, 0.1) is 6.20 Å². The van der Waals surface area contributed by atoms with Gasteiger partial charge in [0, 0.05) is 13.5 Å². The van der Waals surface area contributed by atoms with Crippen molar-refractivity contribution in [3.63, 3.8) is 0 Å². The van der Waals surface area contributed by atoms with Crippen LogP contribution in [-0.4, -0.2) is 46.1 Å². The van der Waals surface area contributed by atoms with Crippen molar-refractivity contribution in [3.8, 4) is 0 Å². The Balaban J connectivity index is 2.65. The lowest BCUT2D eigenvalue weighted by Crippen LogP contribution is -2.41. The Morgan fingerprint density at radius 3 is 2.58 bits per heavy atom. The molecule has 9 heteroatoms. The molecule has 1 atom stereocenters. The standard InChI is InChI=1S/C10H13N3O5S/c1-11-6-4-12-9(19-6)8(16)13-5(10(17)18)2-3-7(14)15/h4-5,11H,2-3H2,1H3,(H,13,16)(H,14,15)(H,17,18)/t5-/m1/s1. The summed E-state index contributed by atoms with van der Waals surface area (Å²) in [4.78, 5) is 36.9. The number of aliphatic carboxylic acids is 2. The molecule has 0 fully saturated rings. The second-order valence-corrected chi connectivity index (χ2v) is 4.61. The fourth-order valence-corrected chi connectivity index (χ4v) is 1.91. The number of carboxylic acid groups (broad SMARTS) is 2. The van der Waals surface area contributed by atoms with E-state index in [1.807, 2.05) is 0 Å². The van der Waals surface area contributed by atoms with Crippen LogP contribution in [-0.2, 0) is 9.59 Å². The van der Waals surface area contributed by atoms with Crippen LogP contribution in [0.1, 0.15) is 22.6 Å². The first-order valence-corrected chi connectivity index (χ1v) is 6.14. The summed E-state index contributed by atoms with van der Waals surface area (Å²) in [6.07, 6.45) is 0.935. The molecule has 0 unspecified atom stereocenters. The molecular weight excluding hydrogens is 274 g/mol. The molecule has 0 aromatic carbocycles. The lowest BCUT2D eigenvalue weighted by molar-refractivity contribution is -0.140.